The highest BCUT2D eigenvalue weighted by Gasteiger charge is 2.39. The van der Waals surface area contributed by atoms with Crippen LogP contribution < -0.4 is 5.11 Å². The van der Waals surface area contributed by atoms with Crippen LogP contribution in [0.4, 0.5) is 0 Å². The molecule has 4 amide bonds. The minimum atomic E-state index is -4.88. The number of carbonyl (C=O) groups excluding carboxylic acids is 4. The smallest absolute Gasteiger partial charge is 0.354 e. The van der Waals surface area contributed by atoms with Crippen molar-refractivity contribution in [3.8, 4) is 0 Å². The number of nitrogens with zero attached hydrogens (tertiary/aromatic N) is 3. The maximum absolute atomic E-state index is 11.7. The van der Waals surface area contributed by atoms with E-state index < -0.39 is 39.9 Å². The van der Waals surface area contributed by atoms with E-state index in [1.807, 2.05) is 0 Å². The van der Waals surface area contributed by atoms with Crippen LogP contribution in [0.15, 0.2) is 4.40 Å². The Morgan fingerprint density at radius 3 is 1.75 bits per heavy atom. The number of imide groups is 2. The number of likely N-dealkylation sites (tertiary alicyclic amines) is 1. The van der Waals surface area contributed by atoms with E-state index in [9.17, 15) is 32.7 Å². The van der Waals surface area contributed by atoms with Crippen LogP contribution in [0, 0.1) is 0 Å². The molecular formula is C9H8N3O7S-. The SMILES string of the molecule is O=C1CCC(=O)N1C([O-])=NS(=O)(=O)N1C(=O)CCC1=O. The molecule has 2 aliphatic heterocycles. The zero-order valence-corrected chi connectivity index (χ0v) is 10.8. The van der Waals surface area contributed by atoms with Crippen molar-refractivity contribution in [3.05, 3.63) is 0 Å². The van der Waals surface area contributed by atoms with Crippen LogP contribution in [0.5, 0.6) is 0 Å². The molecule has 2 heterocycles. The fourth-order valence-corrected chi connectivity index (χ4v) is 2.84. The molecule has 0 aromatic heterocycles. The molecule has 0 atom stereocenters. The summed E-state index contributed by atoms with van der Waals surface area (Å²) in [6.45, 7) is 0. The number of hydrogen-bond donors (Lipinski definition) is 0. The van der Waals surface area contributed by atoms with E-state index in [4.69, 9.17) is 0 Å². The van der Waals surface area contributed by atoms with E-state index in [0.717, 1.165) is 0 Å². The van der Waals surface area contributed by atoms with Crippen LogP contribution in [0.3, 0.4) is 0 Å². The number of rotatable bonds is 2. The monoisotopic (exact) mass is 302 g/mol. The van der Waals surface area contributed by atoms with Gasteiger partial charge in [-0.05, 0) is 0 Å². The zero-order chi connectivity index (χ0) is 15.1. The first-order valence-electron chi connectivity index (χ1n) is 5.47. The second-order valence-corrected chi connectivity index (χ2v) is 5.47. The molecule has 0 aromatic carbocycles. The number of amides is 4. The number of amidine groups is 1. The third kappa shape index (κ3) is 2.27. The molecule has 0 spiro atoms. The van der Waals surface area contributed by atoms with Gasteiger partial charge >= 0.3 is 10.2 Å². The van der Waals surface area contributed by atoms with Crippen LogP contribution in [0.25, 0.3) is 0 Å². The lowest BCUT2D eigenvalue weighted by molar-refractivity contribution is -0.231. The van der Waals surface area contributed by atoms with Gasteiger partial charge in [0.2, 0.25) is 23.6 Å². The van der Waals surface area contributed by atoms with Crippen molar-refractivity contribution < 1.29 is 32.7 Å². The van der Waals surface area contributed by atoms with Gasteiger partial charge in [0.25, 0.3) is 0 Å². The third-order valence-electron chi connectivity index (χ3n) is 2.67. The Morgan fingerprint density at radius 2 is 1.30 bits per heavy atom. The lowest BCUT2D eigenvalue weighted by Crippen LogP contribution is -2.45. The Balaban J connectivity index is 2.33. The summed E-state index contributed by atoms with van der Waals surface area (Å²) >= 11 is 0. The van der Waals surface area contributed by atoms with Crippen molar-refractivity contribution in [2.75, 3.05) is 0 Å². The summed E-state index contributed by atoms with van der Waals surface area (Å²) in [7, 11) is -4.88. The lowest BCUT2D eigenvalue weighted by atomic mass is 10.4. The summed E-state index contributed by atoms with van der Waals surface area (Å²) in [5, 5.41) is 11.5. The van der Waals surface area contributed by atoms with Crippen LogP contribution in [-0.2, 0) is 29.4 Å². The van der Waals surface area contributed by atoms with Gasteiger partial charge in [0.05, 0.1) is 6.02 Å². The van der Waals surface area contributed by atoms with Gasteiger partial charge < -0.3 is 5.11 Å². The largest absolute Gasteiger partial charge is 0.845 e. The molecule has 2 fully saturated rings. The third-order valence-corrected chi connectivity index (χ3v) is 3.93. The highest BCUT2D eigenvalue weighted by Crippen LogP contribution is 2.18. The van der Waals surface area contributed by atoms with E-state index in [1.54, 1.807) is 0 Å². The molecule has 0 bridgehead atoms. The fraction of sp³-hybridized carbons (Fsp3) is 0.444. The first-order chi connectivity index (χ1) is 9.24. The van der Waals surface area contributed by atoms with Crippen molar-refractivity contribution >= 4 is 39.9 Å². The first kappa shape index (κ1) is 14.1. The molecule has 0 N–H and O–H groups in total. The molecule has 2 rings (SSSR count). The maximum Gasteiger partial charge on any atom is 0.354 e. The van der Waals surface area contributed by atoms with Gasteiger partial charge in [0.1, 0.15) is 0 Å². The van der Waals surface area contributed by atoms with Crippen molar-refractivity contribution in [1.29, 1.82) is 0 Å². The summed E-state index contributed by atoms with van der Waals surface area (Å²) in [5.74, 6) is -3.77. The van der Waals surface area contributed by atoms with Gasteiger partial charge in [-0.1, -0.05) is 0 Å². The van der Waals surface area contributed by atoms with Crippen LogP contribution >= 0.6 is 0 Å². The highest BCUT2D eigenvalue weighted by molar-refractivity contribution is 7.89. The van der Waals surface area contributed by atoms with E-state index in [0.29, 0.717) is 0 Å². The Bertz CT molecular complexity index is 618. The quantitative estimate of drug-likeness (QED) is 0.305. The Hall–Kier alpha value is -2.30. The van der Waals surface area contributed by atoms with Crippen LogP contribution in [0.1, 0.15) is 25.7 Å². The van der Waals surface area contributed by atoms with E-state index in [1.165, 1.54) is 0 Å². The van der Waals surface area contributed by atoms with Gasteiger partial charge in [0.15, 0.2) is 0 Å². The van der Waals surface area contributed by atoms with Gasteiger partial charge in [-0.15, -0.1) is 4.40 Å². The second kappa shape index (κ2) is 4.67. The van der Waals surface area contributed by atoms with Crippen LogP contribution in [0.2, 0.25) is 0 Å². The number of carbonyl (C=O) groups is 4. The molecule has 0 saturated carbocycles. The zero-order valence-electron chi connectivity index (χ0n) is 9.94. The predicted molar refractivity (Wildman–Crippen MR) is 58.5 cm³/mol. The van der Waals surface area contributed by atoms with Gasteiger partial charge in [-0.25, -0.2) is 4.90 Å². The first-order valence-corrected chi connectivity index (χ1v) is 6.87. The second-order valence-electron chi connectivity index (χ2n) is 4.03. The highest BCUT2D eigenvalue weighted by atomic mass is 32.2. The molecule has 0 radical (unpaired) electrons. The summed E-state index contributed by atoms with van der Waals surface area (Å²) in [6.07, 6.45) is -1.05. The minimum Gasteiger partial charge on any atom is -0.845 e. The van der Waals surface area contributed by atoms with Crippen molar-refractivity contribution in [2.45, 2.75) is 25.7 Å². The molecule has 11 heteroatoms. The van der Waals surface area contributed by atoms with Gasteiger partial charge in [-0.2, -0.15) is 12.7 Å². The molecule has 2 saturated heterocycles. The molecule has 20 heavy (non-hydrogen) atoms. The molecule has 108 valence electrons. The van der Waals surface area contributed by atoms with Crippen LogP contribution in [-0.4, -0.2) is 47.3 Å². The summed E-state index contributed by atoms with van der Waals surface area (Å²) in [4.78, 5) is 45.1. The molecule has 10 nitrogen and oxygen atoms in total. The maximum atomic E-state index is 11.7. The molecular weight excluding hydrogens is 294 g/mol. The van der Waals surface area contributed by atoms with Crippen molar-refractivity contribution in [2.24, 2.45) is 4.40 Å². The average Bonchev–Trinajstić information content (AvgIpc) is 2.82. The predicted octanol–water partition coefficient (Wildman–Crippen LogP) is -2.75. The lowest BCUT2D eigenvalue weighted by Gasteiger charge is -2.21. The Kier molecular flexibility index (Phi) is 3.29. The summed E-state index contributed by atoms with van der Waals surface area (Å²) in [5.41, 5.74) is 0. The Labute approximate surface area is 112 Å². The van der Waals surface area contributed by atoms with E-state index in [-0.39, 0.29) is 34.9 Å². The Morgan fingerprint density at radius 1 is 0.900 bits per heavy atom. The topological polar surface area (TPSA) is 144 Å². The summed E-state index contributed by atoms with van der Waals surface area (Å²) < 4.78 is 25.9. The standard InChI is InChI=1S/C9H9N3O7S/c13-5-1-2-6(14)11(5)9(17)10-20(18,19)12-7(15)3-4-8(12)16/h1-4H2,(H,10,17)/p-1. The molecule has 0 aliphatic carbocycles. The molecule has 0 unspecified atom stereocenters. The fourth-order valence-electron chi connectivity index (χ4n) is 1.78. The molecule has 2 aliphatic rings. The van der Waals surface area contributed by atoms with Gasteiger partial charge in [0, 0.05) is 25.7 Å². The number of hydrogen-bond acceptors (Lipinski definition) is 7. The normalized spacial score (nSPS) is 21.3. The van der Waals surface area contributed by atoms with Gasteiger partial charge in [-0.3, -0.25) is 19.2 Å². The minimum absolute atomic E-state index is 0.0859. The van der Waals surface area contributed by atoms with Crippen molar-refractivity contribution in [3.63, 3.8) is 0 Å². The van der Waals surface area contributed by atoms with E-state index in [2.05, 4.69) is 4.40 Å². The summed E-state index contributed by atoms with van der Waals surface area (Å²) in [6, 6.07) is -1.62. The van der Waals surface area contributed by atoms with Crippen molar-refractivity contribution in [1.82, 2.24) is 9.21 Å². The average molecular weight is 302 g/mol. The molecule has 0 aromatic rings. The van der Waals surface area contributed by atoms with E-state index >= 15 is 0 Å².